The monoisotopic (exact) mass is 618 g/mol. The van der Waals surface area contributed by atoms with Crippen LogP contribution in [-0.4, -0.2) is 104 Å². The van der Waals surface area contributed by atoms with Gasteiger partial charge in [0.1, 0.15) is 5.75 Å². The Kier molecular flexibility index (Phi) is 10.2. The third-order valence-electron chi connectivity index (χ3n) is 7.45. The van der Waals surface area contributed by atoms with Crippen molar-refractivity contribution in [3.63, 3.8) is 0 Å². The molecule has 12 nitrogen and oxygen atoms in total. The molecule has 228 valence electrons. The third kappa shape index (κ3) is 7.94. The van der Waals surface area contributed by atoms with Crippen molar-refractivity contribution in [1.29, 1.82) is 0 Å². The number of carbonyl (C=O) groups is 1. The summed E-state index contributed by atoms with van der Waals surface area (Å²) in [5.74, 6) is 1.97. The molecule has 3 aromatic rings. The molecule has 1 amide bonds. The van der Waals surface area contributed by atoms with Gasteiger partial charge in [0, 0.05) is 62.7 Å². The molecule has 1 aromatic carbocycles. The van der Waals surface area contributed by atoms with E-state index in [4.69, 9.17) is 24.6 Å². The number of hydrogen-bond donors (Lipinski definition) is 2. The topological polar surface area (TPSA) is 137 Å². The highest BCUT2D eigenvalue weighted by Gasteiger charge is 2.25. The van der Waals surface area contributed by atoms with Gasteiger partial charge in [0.05, 0.1) is 36.3 Å². The van der Waals surface area contributed by atoms with E-state index in [0.29, 0.717) is 64.7 Å². The Balaban J connectivity index is 1.28. The summed E-state index contributed by atoms with van der Waals surface area (Å²) in [5.41, 5.74) is 3.46. The molecule has 0 radical (unpaired) electrons. The second-order valence-corrected chi connectivity index (χ2v) is 13.7. The number of sulfonamides is 1. The van der Waals surface area contributed by atoms with Crippen LogP contribution < -0.4 is 15.1 Å². The number of hydroxylamine groups is 1. The number of hydrogen-bond acceptors (Lipinski definition) is 11. The number of fused-ring (bicyclic) bond motifs is 1. The molecule has 42 heavy (non-hydrogen) atoms. The number of carbonyl (C=O) groups excluding carboxylic acids is 1. The highest BCUT2D eigenvalue weighted by atomic mass is 32.2. The van der Waals surface area contributed by atoms with Gasteiger partial charge in [0.2, 0.25) is 15.9 Å². The molecule has 2 fully saturated rings. The van der Waals surface area contributed by atoms with Crippen LogP contribution in [-0.2, 0) is 26.1 Å². The molecule has 2 N–H and O–H groups in total. The number of benzene rings is 1. The lowest BCUT2D eigenvalue weighted by atomic mass is 10.2. The fraction of sp³-hybridized carbons (Fsp3) is 0.536. The first kappa shape index (κ1) is 30.6. The molecule has 0 bridgehead atoms. The summed E-state index contributed by atoms with van der Waals surface area (Å²) in [6.07, 6.45) is 3.92. The smallest absolute Gasteiger partial charge is 0.243 e. The summed E-state index contributed by atoms with van der Waals surface area (Å²) in [4.78, 5) is 26.8. The third-order valence-corrected chi connectivity index (χ3v) is 9.86. The molecule has 0 atom stereocenters. The number of rotatable bonds is 12. The van der Waals surface area contributed by atoms with Crippen molar-refractivity contribution in [3.05, 3.63) is 35.2 Å². The van der Waals surface area contributed by atoms with E-state index in [1.807, 2.05) is 24.3 Å². The molecule has 2 saturated heterocycles. The van der Waals surface area contributed by atoms with Crippen molar-refractivity contribution in [3.8, 4) is 17.1 Å². The predicted molar refractivity (Wildman–Crippen MR) is 161 cm³/mol. The Bertz CT molecular complexity index is 1450. The Morgan fingerprint density at radius 1 is 1.05 bits per heavy atom. The minimum absolute atomic E-state index is 0.302. The van der Waals surface area contributed by atoms with Crippen molar-refractivity contribution in [1.82, 2.24) is 24.7 Å². The highest BCUT2D eigenvalue weighted by molar-refractivity contribution is 7.88. The normalized spacial score (nSPS) is 17.0. The SMILES string of the molecule is CS(=O)(=O)N1CCN(Cc2cc3nc(-c4ccc(OCCCCCC(=O)NO)cc4)nc(N4CCOCC4)c3s2)CC1. The van der Waals surface area contributed by atoms with Gasteiger partial charge < -0.3 is 14.4 Å². The van der Waals surface area contributed by atoms with Crippen LogP contribution in [0, 0.1) is 0 Å². The minimum Gasteiger partial charge on any atom is -0.494 e. The number of amides is 1. The standard InChI is InChI=1S/C28H38N6O6S2/c1-42(37,38)34-12-10-32(11-13-34)20-23-19-24-26(41-23)28(33-14-17-39-18-15-33)30-27(29-24)21-6-8-22(9-7-21)40-16-4-2-3-5-25(35)31-36/h6-9,19,36H,2-5,10-18,20H2,1H3,(H,31,35). The van der Waals surface area contributed by atoms with Gasteiger partial charge in [-0.3, -0.25) is 14.9 Å². The van der Waals surface area contributed by atoms with E-state index in [1.54, 1.807) is 21.1 Å². The quantitative estimate of drug-likeness (QED) is 0.177. The summed E-state index contributed by atoms with van der Waals surface area (Å²) in [5, 5.41) is 8.56. The van der Waals surface area contributed by atoms with Gasteiger partial charge in [0.15, 0.2) is 11.6 Å². The van der Waals surface area contributed by atoms with Crippen LogP contribution in [0.1, 0.15) is 30.6 Å². The van der Waals surface area contributed by atoms with Crippen molar-refractivity contribution >= 4 is 43.3 Å². The fourth-order valence-corrected chi connectivity index (χ4v) is 7.09. The van der Waals surface area contributed by atoms with Crippen LogP contribution in [0.3, 0.4) is 0 Å². The van der Waals surface area contributed by atoms with E-state index < -0.39 is 10.0 Å². The van der Waals surface area contributed by atoms with Gasteiger partial charge in [-0.25, -0.2) is 23.9 Å². The maximum Gasteiger partial charge on any atom is 0.243 e. The van der Waals surface area contributed by atoms with Crippen molar-refractivity contribution in [2.24, 2.45) is 0 Å². The fourth-order valence-electron chi connectivity index (χ4n) is 5.11. The molecular formula is C28H38N6O6S2. The van der Waals surface area contributed by atoms with Crippen LogP contribution in [0.5, 0.6) is 5.75 Å². The Morgan fingerprint density at radius 3 is 2.48 bits per heavy atom. The molecule has 0 saturated carbocycles. The van der Waals surface area contributed by atoms with Gasteiger partial charge >= 0.3 is 0 Å². The number of thiophene rings is 1. The predicted octanol–water partition coefficient (Wildman–Crippen LogP) is 2.72. The van der Waals surface area contributed by atoms with E-state index in [9.17, 15) is 13.2 Å². The summed E-state index contributed by atoms with van der Waals surface area (Å²) in [6.45, 7) is 6.56. The highest BCUT2D eigenvalue weighted by Crippen LogP contribution is 2.35. The lowest BCUT2D eigenvalue weighted by Crippen LogP contribution is -2.47. The van der Waals surface area contributed by atoms with Crippen LogP contribution in [0.15, 0.2) is 30.3 Å². The molecule has 14 heteroatoms. The zero-order valence-electron chi connectivity index (χ0n) is 23.8. The Hall–Kier alpha value is -2.88. The molecule has 2 aliphatic rings. The number of nitrogens with one attached hydrogen (secondary N) is 1. The summed E-state index contributed by atoms with van der Waals surface area (Å²) < 4.78 is 37.8. The molecule has 2 aliphatic heterocycles. The summed E-state index contributed by atoms with van der Waals surface area (Å²) in [6, 6.07) is 9.93. The summed E-state index contributed by atoms with van der Waals surface area (Å²) in [7, 11) is -3.16. The summed E-state index contributed by atoms with van der Waals surface area (Å²) >= 11 is 1.71. The zero-order valence-corrected chi connectivity index (χ0v) is 25.5. The van der Waals surface area contributed by atoms with Gasteiger partial charge in [0.25, 0.3) is 0 Å². The van der Waals surface area contributed by atoms with Crippen molar-refractivity contribution in [2.45, 2.75) is 32.2 Å². The number of nitrogens with zero attached hydrogens (tertiary/aromatic N) is 5. The number of unbranched alkanes of at least 4 members (excludes halogenated alkanes) is 2. The number of anilines is 1. The first-order valence-electron chi connectivity index (χ1n) is 14.3. The minimum atomic E-state index is -3.16. The molecule has 2 aromatic heterocycles. The van der Waals surface area contributed by atoms with E-state index in [1.165, 1.54) is 11.1 Å². The zero-order chi connectivity index (χ0) is 29.5. The van der Waals surface area contributed by atoms with Crippen LogP contribution >= 0.6 is 11.3 Å². The molecule has 5 rings (SSSR count). The van der Waals surface area contributed by atoms with Crippen molar-refractivity contribution < 1.29 is 27.9 Å². The molecule has 0 aliphatic carbocycles. The van der Waals surface area contributed by atoms with Crippen LogP contribution in [0.2, 0.25) is 0 Å². The van der Waals surface area contributed by atoms with Gasteiger partial charge in [-0.1, -0.05) is 0 Å². The van der Waals surface area contributed by atoms with E-state index in [0.717, 1.165) is 59.8 Å². The lowest BCUT2D eigenvalue weighted by Gasteiger charge is -2.32. The van der Waals surface area contributed by atoms with Crippen LogP contribution in [0.4, 0.5) is 5.82 Å². The second-order valence-electron chi connectivity index (χ2n) is 10.6. The number of aromatic nitrogens is 2. The van der Waals surface area contributed by atoms with E-state index in [2.05, 4.69) is 15.9 Å². The molecule has 0 unspecified atom stereocenters. The first-order valence-corrected chi connectivity index (χ1v) is 16.9. The number of piperazine rings is 1. The Labute approximate surface area is 250 Å². The first-order chi connectivity index (χ1) is 20.3. The van der Waals surface area contributed by atoms with Crippen molar-refractivity contribution in [2.75, 3.05) is 70.2 Å². The average molecular weight is 619 g/mol. The molecule has 4 heterocycles. The average Bonchev–Trinajstić information content (AvgIpc) is 3.41. The Morgan fingerprint density at radius 2 is 1.79 bits per heavy atom. The molecular weight excluding hydrogens is 580 g/mol. The maximum atomic E-state index is 11.9. The number of morpholine rings is 1. The van der Waals surface area contributed by atoms with Gasteiger partial charge in [-0.05, 0) is 49.6 Å². The van der Waals surface area contributed by atoms with Crippen LogP contribution in [0.25, 0.3) is 21.6 Å². The van der Waals surface area contributed by atoms with Gasteiger partial charge in [-0.2, -0.15) is 4.31 Å². The largest absolute Gasteiger partial charge is 0.494 e. The lowest BCUT2D eigenvalue weighted by molar-refractivity contribution is -0.129. The van der Waals surface area contributed by atoms with Gasteiger partial charge in [-0.15, -0.1) is 11.3 Å². The van der Waals surface area contributed by atoms with E-state index in [-0.39, 0.29) is 5.91 Å². The van der Waals surface area contributed by atoms with E-state index >= 15 is 0 Å². The number of ether oxygens (including phenoxy) is 2. The molecule has 0 spiro atoms. The second kappa shape index (κ2) is 14.1. The maximum absolute atomic E-state index is 11.9.